The highest BCUT2D eigenvalue weighted by atomic mass is 15.3. The van der Waals surface area contributed by atoms with Gasteiger partial charge in [-0.3, -0.25) is 0 Å². The number of rotatable bonds is 8. The monoisotopic (exact) mass is 290 g/mol. The Balaban J connectivity index is 1.76. The summed E-state index contributed by atoms with van der Waals surface area (Å²) in [6.45, 7) is 3.02. The summed E-state index contributed by atoms with van der Waals surface area (Å²) >= 11 is 0. The van der Waals surface area contributed by atoms with Crippen LogP contribution in [0.15, 0.2) is 0 Å². The third kappa shape index (κ3) is 3.74. The molecular weight excluding hydrogens is 264 g/mol. The Morgan fingerprint density at radius 1 is 1.05 bits per heavy atom. The Bertz CT molecular complexity index is 469. The molecule has 0 aromatic carbocycles. The van der Waals surface area contributed by atoms with Gasteiger partial charge in [-0.15, -0.1) is 0 Å². The van der Waals surface area contributed by atoms with Crippen molar-refractivity contribution in [1.29, 1.82) is 0 Å². The summed E-state index contributed by atoms with van der Waals surface area (Å²) < 4.78 is 0. The highest BCUT2D eigenvalue weighted by Crippen LogP contribution is 2.45. The van der Waals surface area contributed by atoms with Crippen LogP contribution in [0.5, 0.6) is 0 Å². The number of hydrogen-bond donors (Lipinski definition) is 2. The first-order valence-electron chi connectivity index (χ1n) is 8.11. The molecule has 0 amide bonds. The smallest absolute Gasteiger partial charge is 0.231 e. The fourth-order valence-electron chi connectivity index (χ4n) is 2.63. The van der Waals surface area contributed by atoms with Crippen LogP contribution in [0, 0.1) is 11.8 Å². The van der Waals surface area contributed by atoms with Gasteiger partial charge in [0.05, 0.1) is 0 Å². The number of nitrogens with zero attached hydrogens (tertiary/aromatic N) is 4. The lowest BCUT2D eigenvalue weighted by Gasteiger charge is -2.19. The molecule has 1 aromatic heterocycles. The fraction of sp³-hybridized carbons (Fsp3) is 0.800. The molecule has 6 heteroatoms. The Kier molecular flexibility index (Phi) is 4.12. The number of anilines is 3. The largest absolute Gasteiger partial charge is 0.354 e. The maximum absolute atomic E-state index is 4.55. The molecule has 2 saturated carbocycles. The maximum Gasteiger partial charge on any atom is 0.231 e. The highest BCUT2D eigenvalue weighted by Gasteiger charge is 2.41. The summed E-state index contributed by atoms with van der Waals surface area (Å²) in [5.41, 5.74) is 0. The first kappa shape index (κ1) is 14.4. The van der Waals surface area contributed by atoms with E-state index in [0.29, 0.717) is 17.9 Å². The fourth-order valence-corrected chi connectivity index (χ4v) is 2.63. The van der Waals surface area contributed by atoms with Crippen molar-refractivity contribution in [1.82, 2.24) is 15.0 Å². The van der Waals surface area contributed by atoms with Gasteiger partial charge in [-0.2, -0.15) is 15.0 Å². The molecule has 21 heavy (non-hydrogen) atoms. The predicted octanol–water partition coefficient (Wildman–Crippen LogP) is 2.36. The van der Waals surface area contributed by atoms with E-state index >= 15 is 0 Å². The summed E-state index contributed by atoms with van der Waals surface area (Å²) in [5.74, 6) is 3.74. The van der Waals surface area contributed by atoms with Crippen LogP contribution >= 0.6 is 0 Å². The maximum atomic E-state index is 4.55. The average Bonchev–Trinajstić information content (AvgIpc) is 3.35. The molecule has 2 aliphatic rings. The van der Waals surface area contributed by atoms with E-state index in [2.05, 4.69) is 32.5 Å². The lowest BCUT2D eigenvalue weighted by Crippen LogP contribution is -2.26. The zero-order chi connectivity index (χ0) is 14.8. The molecule has 1 heterocycles. The summed E-state index contributed by atoms with van der Waals surface area (Å²) in [4.78, 5) is 15.5. The normalized spacial score (nSPS) is 17.9. The lowest BCUT2D eigenvalue weighted by molar-refractivity contribution is 0.563. The second-order valence-electron chi connectivity index (χ2n) is 6.45. The van der Waals surface area contributed by atoms with Gasteiger partial charge in [0, 0.05) is 26.7 Å². The van der Waals surface area contributed by atoms with E-state index in [1.165, 1.54) is 25.7 Å². The summed E-state index contributed by atoms with van der Waals surface area (Å²) in [6.07, 6.45) is 6.45. The lowest BCUT2D eigenvalue weighted by atomic mass is 10.1. The summed E-state index contributed by atoms with van der Waals surface area (Å²) in [7, 11) is 3.92. The summed E-state index contributed by atoms with van der Waals surface area (Å²) in [5, 5.41) is 6.85. The molecule has 3 rings (SSSR count). The zero-order valence-corrected chi connectivity index (χ0v) is 13.3. The van der Waals surface area contributed by atoms with Gasteiger partial charge in [0.15, 0.2) is 0 Å². The van der Waals surface area contributed by atoms with Crippen LogP contribution in [0.2, 0.25) is 0 Å². The van der Waals surface area contributed by atoms with Gasteiger partial charge in [0.2, 0.25) is 17.8 Å². The van der Waals surface area contributed by atoms with Crippen LogP contribution in [0.4, 0.5) is 17.8 Å². The van der Waals surface area contributed by atoms with E-state index in [0.717, 1.165) is 30.7 Å². The molecule has 2 fully saturated rings. The predicted molar refractivity (Wildman–Crippen MR) is 85.8 cm³/mol. The Morgan fingerprint density at radius 3 is 2.19 bits per heavy atom. The molecule has 0 bridgehead atoms. The van der Waals surface area contributed by atoms with Crippen molar-refractivity contribution < 1.29 is 0 Å². The molecular formula is C15H26N6. The van der Waals surface area contributed by atoms with Crippen LogP contribution in [-0.4, -0.2) is 41.6 Å². The van der Waals surface area contributed by atoms with Crippen molar-refractivity contribution in [3.8, 4) is 0 Å². The minimum Gasteiger partial charge on any atom is -0.354 e. The van der Waals surface area contributed by atoms with Gasteiger partial charge in [-0.25, -0.2) is 0 Å². The quantitative estimate of drug-likeness (QED) is 0.766. The SMILES string of the molecule is CCCNc1nc(NC(C2CC2)C2CC2)nc(N(C)C)n1. The number of hydrogen-bond acceptors (Lipinski definition) is 6. The van der Waals surface area contributed by atoms with Gasteiger partial charge < -0.3 is 15.5 Å². The van der Waals surface area contributed by atoms with E-state index in [1.807, 2.05) is 19.0 Å². The van der Waals surface area contributed by atoms with Gasteiger partial charge in [0.1, 0.15) is 0 Å². The molecule has 0 saturated heterocycles. The number of nitrogens with one attached hydrogen (secondary N) is 2. The van der Waals surface area contributed by atoms with E-state index in [9.17, 15) is 0 Å². The van der Waals surface area contributed by atoms with E-state index in [4.69, 9.17) is 0 Å². The van der Waals surface area contributed by atoms with Gasteiger partial charge in [-0.05, 0) is 43.9 Å². The molecule has 0 radical (unpaired) electrons. The van der Waals surface area contributed by atoms with Gasteiger partial charge in [0.25, 0.3) is 0 Å². The molecule has 2 aliphatic carbocycles. The number of aromatic nitrogens is 3. The van der Waals surface area contributed by atoms with Crippen molar-refractivity contribution in [3.05, 3.63) is 0 Å². The van der Waals surface area contributed by atoms with Crippen molar-refractivity contribution in [2.45, 2.75) is 45.1 Å². The third-order valence-corrected chi connectivity index (χ3v) is 4.11. The first-order valence-corrected chi connectivity index (χ1v) is 8.11. The van der Waals surface area contributed by atoms with E-state index in [-0.39, 0.29) is 0 Å². The minimum absolute atomic E-state index is 0.557. The van der Waals surface area contributed by atoms with Gasteiger partial charge >= 0.3 is 0 Å². The molecule has 0 atom stereocenters. The minimum atomic E-state index is 0.557. The second-order valence-corrected chi connectivity index (χ2v) is 6.45. The molecule has 2 N–H and O–H groups in total. The topological polar surface area (TPSA) is 66.0 Å². The molecule has 0 aliphatic heterocycles. The molecule has 0 unspecified atom stereocenters. The second kappa shape index (κ2) is 6.03. The summed E-state index contributed by atoms with van der Waals surface area (Å²) in [6, 6.07) is 0.557. The van der Waals surface area contributed by atoms with Crippen molar-refractivity contribution in [2.75, 3.05) is 36.2 Å². The molecule has 1 aromatic rings. The highest BCUT2D eigenvalue weighted by molar-refractivity contribution is 5.43. The molecule has 0 spiro atoms. The Labute approximate surface area is 126 Å². The van der Waals surface area contributed by atoms with Crippen molar-refractivity contribution in [3.63, 3.8) is 0 Å². The standard InChI is InChI=1S/C15H26N6/c1-4-9-16-13-18-14(20-15(19-13)21(2)3)17-12(10-5-6-10)11-7-8-11/h10-12H,4-9H2,1-3H3,(H2,16,17,18,19,20). The average molecular weight is 290 g/mol. The molecule has 116 valence electrons. The van der Waals surface area contributed by atoms with Crippen molar-refractivity contribution >= 4 is 17.8 Å². The molecule has 6 nitrogen and oxygen atoms in total. The van der Waals surface area contributed by atoms with E-state index in [1.54, 1.807) is 0 Å². The first-order chi connectivity index (χ1) is 10.2. The zero-order valence-electron chi connectivity index (χ0n) is 13.3. The Hall–Kier alpha value is -1.59. The van der Waals surface area contributed by atoms with Crippen LogP contribution in [0.3, 0.4) is 0 Å². The Morgan fingerprint density at radius 2 is 1.67 bits per heavy atom. The van der Waals surface area contributed by atoms with Gasteiger partial charge in [-0.1, -0.05) is 6.92 Å². The van der Waals surface area contributed by atoms with Crippen LogP contribution in [0.25, 0.3) is 0 Å². The third-order valence-electron chi connectivity index (χ3n) is 4.11. The van der Waals surface area contributed by atoms with Crippen molar-refractivity contribution in [2.24, 2.45) is 11.8 Å². The van der Waals surface area contributed by atoms with Crippen LogP contribution in [0.1, 0.15) is 39.0 Å². The van der Waals surface area contributed by atoms with Crippen LogP contribution in [-0.2, 0) is 0 Å². The van der Waals surface area contributed by atoms with E-state index < -0.39 is 0 Å². The van der Waals surface area contributed by atoms with Crippen LogP contribution < -0.4 is 15.5 Å².